The fourth-order valence-electron chi connectivity index (χ4n) is 1.59. The van der Waals surface area contributed by atoms with E-state index in [4.69, 9.17) is 4.74 Å². The molecule has 0 radical (unpaired) electrons. The fraction of sp³-hybridized carbons (Fsp3) is 0.385. The van der Waals surface area contributed by atoms with E-state index in [0.717, 1.165) is 30.1 Å². The minimum atomic E-state index is -4.38. The first kappa shape index (κ1) is 15.6. The fourth-order valence-corrected chi connectivity index (χ4v) is 2.18. The maximum absolute atomic E-state index is 12.6. The van der Waals surface area contributed by atoms with Crippen LogP contribution in [0.1, 0.15) is 24.6 Å². The average molecular weight is 317 g/mol. The summed E-state index contributed by atoms with van der Waals surface area (Å²) in [6.07, 6.45) is -3.43. The summed E-state index contributed by atoms with van der Waals surface area (Å²) in [7, 11) is 0. The van der Waals surface area contributed by atoms with Gasteiger partial charge >= 0.3 is 6.18 Å². The highest BCUT2D eigenvalue weighted by molar-refractivity contribution is 7.10. The lowest BCUT2D eigenvalue weighted by Gasteiger charge is -2.10. The monoisotopic (exact) mass is 317 g/mol. The highest BCUT2D eigenvalue weighted by atomic mass is 32.1. The number of nitrogens with one attached hydrogen (secondary N) is 1. The van der Waals surface area contributed by atoms with Crippen LogP contribution in [-0.2, 0) is 12.8 Å². The third-order valence-electron chi connectivity index (χ3n) is 2.63. The number of hydrogen-bond acceptors (Lipinski definition) is 5. The second kappa shape index (κ2) is 6.75. The lowest BCUT2D eigenvalue weighted by Crippen LogP contribution is -2.06. The molecule has 0 saturated carbocycles. The molecule has 0 bridgehead atoms. The van der Waals surface area contributed by atoms with Gasteiger partial charge in [-0.05, 0) is 24.6 Å². The van der Waals surface area contributed by atoms with E-state index in [1.165, 1.54) is 23.7 Å². The molecule has 4 nitrogen and oxygen atoms in total. The Kier molecular flexibility index (Phi) is 5.00. The lowest BCUT2D eigenvalue weighted by molar-refractivity contribution is -0.137. The van der Waals surface area contributed by atoms with Crippen molar-refractivity contribution in [3.63, 3.8) is 0 Å². The number of benzene rings is 1. The van der Waals surface area contributed by atoms with E-state index in [0.29, 0.717) is 5.69 Å². The smallest absolute Gasteiger partial charge is 0.416 e. The maximum atomic E-state index is 12.6. The molecule has 0 fully saturated rings. The molecule has 1 N–H and O–H groups in total. The van der Waals surface area contributed by atoms with Crippen molar-refractivity contribution < 1.29 is 17.9 Å². The van der Waals surface area contributed by atoms with E-state index >= 15 is 0 Å². The number of rotatable bonds is 6. The molecular weight excluding hydrogens is 303 g/mol. The number of ether oxygens (including phenoxy) is 1. The van der Waals surface area contributed by atoms with E-state index in [9.17, 15) is 13.2 Å². The van der Waals surface area contributed by atoms with Crippen LogP contribution < -0.4 is 10.1 Å². The van der Waals surface area contributed by atoms with Crippen molar-refractivity contribution in [3.8, 4) is 5.75 Å². The van der Waals surface area contributed by atoms with E-state index in [2.05, 4.69) is 14.9 Å². The summed E-state index contributed by atoms with van der Waals surface area (Å²) in [5, 5.41) is 7.84. The Morgan fingerprint density at radius 1 is 1.33 bits per heavy atom. The molecule has 0 aliphatic heterocycles. The van der Waals surface area contributed by atoms with Crippen LogP contribution >= 0.6 is 11.5 Å². The Labute approximate surface area is 124 Å². The normalized spacial score (nSPS) is 11.4. The van der Waals surface area contributed by atoms with Gasteiger partial charge in [0.15, 0.2) is 0 Å². The molecule has 1 heterocycles. The summed E-state index contributed by atoms with van der Waals surface area (Å²) >= 11 is 1.20. The van der Waals surface area contributed by atoms with Crippen LogP contribution in [0.4, 0.5) is 18.2 Å². The lowest BCUT2D eigenvalue weighted by atomic mass is 10.2. The van der Waals surface area contributed by atoms with Gasteiger partial charge in [0.05, 0.1) is 5.56 Å². The van der Waals surface area contributed by atoms with Crippen molar-refractivity contribution in [3.05, 3.63) is 35.5 Å². The molecule has 0 aliphatic carbocycles. The molecule has 21 heavy (non-hydrogen) atoms. The van der Waals surface area contributed by atoms with Gasteiger partial charge < -0.3 is 10.1 Å². The second-order valence-electron chi connectivity index (χ2n) is 4.29. The zero-order valence-electron chi connectivity index (χ0n) is 11.3. The van der Waals surface area contributed by atoms with Gasteiger partial charge in [-0.1, -0.05) is 17.5 Å². The van der Waals surface area contributed by atoms with Gasteiger partial charge in [0.1, 0.15) is 23.1 Å². The molecule has 1 aromatic heterocycles. The van der Waals surface area contributed by atoms with Crippen LogP contribution in [0.5, 0.6) is 5.75 Å². The number of aromatic nitrogens is 2. The predicted molar refractivity (Wildman–Crippen MR) is 74.5 cm³/mol. The van der Waals surface area contributed by atoms with Crippen molar-refractivity contribution in [2.24, 2.45) is 0 Å². The van der Waals surface area contributed by atoms with Crippen LogP contribution in [0.2, 0.25) is 0 Å². The molecule has 0 amide bonds. The SMILES string of the molecule is CCCNc1snnc1COc1cccc(C(F)(F)F)c1. The van der Waals surface area contributed by atoms with Gasteiger partial charge in [-0.15, -0.1) is 5.10 Å². The van der Waals surface area contributed by atoms with E-state index < -0.39 is 11.7 Å². The first-order valence-corrected chi connectivity index (χ1v) is 7.13. The Morgan fingerprint density at radius 2 is 2.14 bits per heavy atom. The van der Waals surface area contributed by atoms with Crippen LogP contribution in [0, 0.1) is 0 Å². The molecule has 0 aliphatic rings. The zero-order chi connectivity index (χ0) is 15.3. The zero-order valence-corrected chi connectivity index (χ0v) is 12.1. The van der Waals surface area contributed by atoms with Gasteiger partial charge in [-0.2, -0.15) is 13.2 Å². The molecule has 0 saturated heterocycles. The van der Waals surface area contributed by atoms with Crippen molar-refractivity contribution in [1.29, 1.82) is 0 Å². The van der Waals surface area contributed by atoms with Crippen LogP contribution in [0.25, 0.3) is 0 Å². The topological polar surface area (TPSA) is 47.0 Å². The van der Waals surface area contributed by atoms with E-state index in [1.54, 1.807) is 0 Å². The van der Waals surface area contributed by atoms with Crippen LogP contribution in [0.15, 0.2) is 24.3 Å². The summed E-state index contributed by atoms with van der Waals surface area (Å²) in [6.45, 7) is 2.88. The van der Waals surface area contributed by atoms with Gasteiger partial charge in [0.25, 0.3) is 0 Å². The minimum absolute atomic E-state index is 0.0733. The highest BCUT2D eigenvalue weighted by Crippen LogP contribution is 2.31. The summed E-state index contributed by atoms with van der Waals surface area (Å²) in [5.74, 6) is 0.152. The summed E-state index contributed by atoms with van der Waals surface area (Å²) in [5.41, 5.74) is -0.147. The maximum Gasteiger partial charge on any atom is 0.416 e. The number of alkyl halides is 3. The van der Waals surface area contributed by atoms with Crippen LogP contribution in [0.3, 0.4) is 0 Å². The number of nitrogens with zero attached hydrogens (tertiary/aromatic N) is 2. The highest BCUT2D eigenvalue weighted by Gasteiger charge is 2.30. The Hall–Kier alpha value is -1.83. The average Bonchev–Trinajstić information content (AvgIpc) is 2.90. The summed E-state index contributed by atoms with van der Waals surface area (Å²) in [6, 6.07) is 4.77. The molecule has 2 aromatic rings. The Balaban J connectivity index is 2.02. The molecule has 1 aromatic carbocycles. The van der Waals surface area contributed by atoms with Gasteiger partial charge in [-0.3, -0.25) is 0 Å². The standard InChI is InChI=1S/C13H14F3N3OS/c1-2-6-17-12-11(18-19-21-12)8-20-10-5-3-4-9(7-10)13(14,15)16/h3-5,7,17H,2,6,8H2,1H3. The Bertz CT molecular complexity index is 586. The Morgan fingerprint density at radius 3 is 2.86 bits per heavy atom. The summed E-state index contributed by atoms with van der Waals surface area (Å²) < 4.78 is 47.0. The van der Waals surface area contributed by atoms with Crippen molar-refractivity contribution in [2.45, 2.75) is 26.1 Å². The minimum Gasteiger partial charge on any atom is -0.487 e. The van der Waals surface area contributed by atoms with Gasteiger partial charge in [0, 0.05) is 18.1 Å². The molecule has 0 spiro atoms. The third kappa shape index (κ3) is 4.32. The molecule has 114 valence electrons. The third-order valence-corrected chi connectivity index (χ3v) is 3.35. The molecule has 0 atom stereocenters. The quantitative estimate of drug-likeness (QED) is 0.876. The predicted octanol–water partition coefficient (Wildman–Crippen LogP) is 3.96. The summed E-state index contributed by atoms with van der Waals surface area (Å²) in [4.78, 5) is 0. The van der Waals surface area contributed by atoms with Crippen molar-refractivity contribution in [1.82, 2.24) is 9.59 Å². The molecular formula is C13H14F3N3OS. The van der Waals surface area contributed by atoms with E-state index in [-0.39, 0.29) is 12.4 Å². The van der Waals surface area contributed by atoms with Crippen molar-refractivity contribution >= 4 is 16.5 Å². The van der Waals surface area contributed by atoms with Gasteiger partial charge in [0.2, 0.25) is 0 Å². The second-order valence-corrected chi connectivity index (χ2v) is 5.04. The first-order chi connectivity index (χ1) is 10.0. The number of halogens is 3. The van der Waals surface area contributed by atoms with Crippen LogP contribution in [-0.4, -0.2) is 16.1 Å². The van der Waals surface area contributed by atoms with Gasteiger partial charge in [-0.25, -0.2) is 0 Å². The van der Waals surface area contributed by atoms with E-state index in [1.807, 2.05) is 6.92 Å². The number of anilines is 1. The number of hydrogen-bond donors (Lipinski definition) is 1. The molecule has 8 heteroatoms. The first-order valence-electron chi connectivity index (χ1n) is 6.36. The van der Waals surface area contributed by atoms with Crippen molar-refractivity contribution in [2.75, 3.05) is 11.9 Å². The largest absolute Gasteiger partial charge is 0.487 e. The molecule has 2 rings (SSSR count). The molecule has 0 unspecified atom stereocenters.